The minimum atomic E-state index is -0.519. The maximum atomic E-state index is 9.92. The van der Waals surface area contributed by atoms with Crippen LogP contribution in [-0.2, 0) is 36.5 Å². The Morgan fingerprint density at radius 1 is 0.219 bits per heavy atom. The van der Waals surface area contributed by atoms with Crippen LogP contribution in [0.15, 0.2) is 194 Å². The lowest BCUT2D eigenvalue weighted by Gasteiger charge is -2.36. The molecule has 8 nitrogen and oxygen atoms in total. The zero-order valence-corrected chi connectivity index (χ0v) is 35.3. The first kappa shape index (κ1) is 44.2. The average Bonchev–Trinajstić information content (AvgIpc) is 3.30. The Morgan fingerprint density at radius 3 is 0.641 bits per heavy atom. The van der Waals surface area contributed by atoms with Crippen LogP contribution in [0.25, 0.3) is 0 Å². The highest BCUT2D eigenvalue weighted by Crippen LogP contribution is 2.43. The van der Waals surface area contributed by atoms with Crippen LogP contribution >= 0.6 is 0 Å². The minimum Gasteiger partial charge on any atom is -0.508 e. The van der Waals surface area contributed by atoms with Crippen molar-refractivity contribution in [2.24, 2.45) is 0 Å². The fourth-order valence-electron chi connectivity index (χ4n) is 8.59. The highest BCUT2D eigenvalue weighted by Gasteiger charge is 2.36. The summed E-state index contributed by atoms with van der Waals surface area (Å²) in [4.78, 5) is 0. The Morgan fingerprint density at radius 2 is 0.406 bits per heavy atom. The van der Waals surface area contributed by atoms with Crippen molar-refractivity contribution in [3.63, 3.8) is 0 Å². The lowest BCUT2D eigenvalue weighted by molar-refractivity contribution is 0.431. The van der Waals surface area contributed by atoms with Gasteiger partial charge < -0.3 is 40.9 Å². The molecular weight excluding hydrogens is 801 g/mol. The summed E-state index contributed by atoms with van der Waals surface area (Å²) in [6.45, 7) is 0. The van der Waals surface area contributed by atoms with Gasteiger partial charge in [-0.1, -0.05) is 97.1 Å². The van der Waals surface area contributed by atoms with Gasteiger partial charge in [-0.3, -0.25) is 0 Å². The van der Waals surface area contributed by atoms with Crippen molar-refractivity contribution in [2.75, 3.05) is 0 Å². The molecule has 0 spiro atoms. The maximum absolute atomic E-state index is 9.92. The molecule has 0 aromatic heterocycles. The molecule has 0 unspecified atom stereocenters. The lowest BCUT2D eigenvalue weighted by Crippen LogP contribution is -2.33. The third kappa shape index (κ3) is 11.0. The van der Waals surface area contributed by atoms with Crippen LogP contribution in [-0.4, -0.2) is 40.9 Å². The predicted octanol–water partition coefficient (Wildman–Crippen LogP) is 11.3. The van der Waals surface area contributed by atoms with Crippen molar-refractivity contribution in [2.45, 2.75) is 49.4 Å². The van der Waals surface area contributed by atoms with Gasteiger partial charge in [-0.05, 0) is 180 Å². The summed E-state index contributed by atoms with van der Waals surface area (Å²) in [5, 5.41) is 78.4. The monoisotopic (exact) mass is 852 g/mol. The molecule has 8 aromatic rings. The summed E-state index contributed by atoms with van der Waals surface area (Å²) in [5.74, 6) is 1.73. The number of rotatable bonds is 14. The van der Waals surface area contributed by atoms with Crippen LogP contribution in [0.3, 0.4) is 0 Å². The van der Waals surface area contributed by atoms with E-state index in [2.05, 4.69) is 0 Å². The van der Waals surface area contributed by atoms with E-state index in [1.165, 1.54) is 0 Å². The first-order valence-corrected chi connectivity index (χ1v) is 21.2. The third-order valence-electron chi connectivity index (χ3n) is 12.1. The van der Waals surface area contributed by atoms with E-state index in [1.807, 2.05) is 97.1 Å². The molecule has 324 valence electrons. The summed E-state index contributed by atoms with van der Waals surface area (Å²) >= 11 is 0. The summed E-state index contributed by atoms with van der Waals surface area (Å²) in [6, 6.07) is 58.0. The third-order valence-corrected chi connectivity index (χ3v) is 12.1. The number of aryl methyl sites for hydroxylation is 2. The Kier molecular flexibility index (Phi) is 13.8. The van der Waals surface area contributed by atoms with Crippen LogP contribution in [0.5, 0.6) is 46.0 Å². The second-order valence-corrected chi connectivity index (χ2v) is 16.4. The highest BCUT2D eigenvalue weighted by atomic mass is 16.3. The zero-order chi connectivity index (χ0) is 45.1. The number of hydrogen-bond acceptors (Lipinski definition) is 8. The SMILES string of the molecule is Oc1ccc(CC(Cc2ccc(O)cc2)(c2ccc(O)cc2)c2ccc(O)cc2)cc1.Oc1ccc(CCC(CCc2ccc(O)cc2)(c2ccc(O)cc2)c2ccc(O)cc2)cc1. The molecule has 0 saturated heterocycles. The van der Waals surface area contributed by atoms with E-state index < -0.39 is 5.41 Å². The molecule has 0 radical (unpaired) electrons. The normalized spacial score (nSPS) is 11.4. The molecule has 0 heterocycles. The van der Waals surface area contributed by atoms with Gasteiger partial charge >= 0.3 is 0 Å². The Hall–Kier alpha value is -7.84. The zero-order valence-electron chi connectivity index (χ0n) is 35.3. The first-order chi connectivity index (χ1) is 30.9. The molecule has 0 bridgehead atoms. The smallest absolute Gasteiger partial charge is 0.115 e. The van der Waals surface area contributed by atoms with Gasteiger partial charge in [0.15, 0.2) is 0 Å². The number of hydrogen-bond donors (Lipinski definition) is 8. The predicted molar refractivity (Wildman–Crippen MR) is 250 cm³/mol. The molecule has 0 aliphatic carbocycles. The average molecular weight is 853 g/mol. The van der Waals surface area contributed by atoms with Gasteiger partial charge in [0, 0.05) is 10.8 Å². The first-order valence-electron chi connectivity index (χ1n) is 21.2. The van der Waals surface area contributed by atoms with Crippen LogP contribution in [0.1, 0.15) is 57.3 Å². The molecule has 0 fully saturated rings. The summed E-state index contributed by atoms with van der Waals surface area (Å²) in [7, 11) is 0. The van der Waals surface area contributed by atoms with Crippen molar-refractivity contribution in [3.05, 3.63) is 239 Å². The van der Waals surface area contributed by atoms with E-state index in [4.69, 9.17) is 0 Å². The van der Waals surface area contributed by atoms with Crippen LogP contribution in [0, 0.1) is 0 Å². The topological polar surface area (TPSA) is 162 Å². The Balaban J connectivity index is 0.000000192. The number of benzene rings is 8. The standard InChI is InChI=1S/C29H28O4.C27H24O4/c30-25-9-1-21(2-10-25)17-19-29(23-5-13-27(32)14-6-23,24-7-15-28(33)16-8-24)20-18-22-3-11-26(31)12-4-22;28-23-9-1-19(2-10-23)17-27(21-5-13-25(30)14-6-21,22-7-15-26(31)16-8-22)18-20-3-11-24(29)12-4-20/h1-16,30-33H,17-20H2;1-16,28-31H,17-18H2. The van der Waals surface area contributed by atoms with Gasteiger partial charge in [0.25, 0.3) is 0 Å². The number of phenols is 8. The van der Waals surface area contributed by atoms with Crippen molar-refractivity contribution < 1.29 is 40.9 Å². The maximum Gasteiger partial charge on any atom is 0.115 e. The fourth-order valence-corrected chi connectivity index (χ4v) is 8.59. The molecule has 8 N–H and O–H groups in total. The largest absolute Gasteiger partial charge is 0.508 e. The number of aromatic hydroxyl groups is 8. The summed E-state index contributed by atoms with van der Waals surface area (Å²) in [6.07, 6.45) is 4.43. The van der Waals surface area contributed by atoms with Gasteiger partial charge in [0.1, 0.15) is 46.0 Å². The second-order valence-electron chi connectivity index (χ2n) is 16.4. The second kappa shape index (κ2) is 19.9. The fraction of sp³-hybridized carbons (Fsp3) is 0.143. The van der Waals surface area contributed by atoms with E-state index in [0.29, 0.717) is 12.8 Å². The van der Waals surface area contributed by atoms with Crippen molar-refractivity contribution in [1.29, 1.82) is 0 Å². The van der Waals surface area contributed by atoms with E-state index in [-0.39, 0.29) is 51.4 Å². The summed E-state index contributed by atoms with van der Waals surface area (Å²) < 4.78 is 0. The Bertz CT molecular complexity index is 2480. The van der Waals surface area contributed by atoms with Crippen molar-refractivity contribution >= 4 is 0 Å². The van der Waals surface area contributed by atoms with Crippen molar-refractivity contribution in [1.82, 2.24) is 0 Å². The van der Waals surface area contributed by atoms with Gasteiger partial charge in [0.2, 0.25) is 0 Å². The van der Waals surface area contributed by atoms with E-state index in [0.717, 1.165) is 70.2 Å². The van der Waals surface area contributed by atoms with Crippen LogP contribution in [0.2, 0.25) is 0 Å². The highest BCUT2D eigenvalue weighted by molar-refractivity contribution is 5.48. The quantitative estimate of drug-likeness (QED) is 0.0536. The van der Waals surface area contributed by atoms with E-state index >= 15 is 0 Å². The van der Waals surface area contributed by atoms with Crippen molar-refractivity contribution in [3.8, 4) is 46.0 Å². The lowest BCUT2D eigenvalue weighted by atomic mass is 9.67. The molecule has 0 aliphatic heterocycles. The van der Waals surface area contributed by atoms with Gasteiger partial charge in [-0.2, -0.15) is 0 Å². The van der Waals surface area contributed by atoms with E-state index in [9.17, 15) is 40.9 Å². The van der Waals surface area contributed by atoms with Gasteiger partial charge in [-0.25, -0.2) is 0 Å². The minimum absolute atomic E-state index is 0.192. The molecule has 0 saturated carbocycles. The van der Waals surface area contributed by atoms with Gasteiger partial charge in [-0.15, -0.1) is 0 Å². The molecule has 8 aromatic carbocycles. The van der Waals surface area contributed by atoms with E-state index in [1.54, 1.807) is 97.1 Å². The molecule has 0 aliphatic rings. The summed E-state index contributed by atoms with van der Waals surface area (Å²) in [5.41, 5.74) is 7.63. The van der Waals surface area contributed by atoms with Crippen LogP contribution < -0.4 is 0 Å². The molecule has 8 heteroatoms. The van der Waals surface area contributed by atoms with Crippen LogP contribution in [0.4, 0.5) is 0 Å². The molecular formula is C56H52O8. The molecule has 8 rings (SSSR count). The molecule has 64 heavy (non-hydrogen) atoms. The van der Waals surface area contributed by atoms with Gasteiger partial charge in [0.05, 0.1) is 0 Å². The molecule has 0 amide bonds. The number of phenolic OH excluding ortho intramolecular Hbond substituents is 8. The molecule has 0 atom stereocenters. The Labute approximate surface area is 373 Å².